The molecule has 90 valence electrons. The summed E-state index contributed by atoms with van der Waals surface area (Å²) in [6.45, 7) is 2.90. The van der Waals surface area contributed by atoms with Gasteiger partial charge in [0.1, 0.15) is 0 Å². The topological polar surface area (TPSA) is 75.9 Å². The van der Waals surface area contributed by atoms with Gasteiger partial charge in [0.15, 0.2) is 0 Å². The van der Waals surface area contributed by atoms with Crippen LogP contribution >= 0.6 is 0 Å². The van der Waals surface area contributed by atoms with Gasteiger partial charge in [-0.05, 0) is 6.92 Å². The van der Waals surface area contributed by atoms with E-state index in [4.69, 9.17) is 10.5 Å². The summed E-state index contributed by atoms with van der Waals surface area (Å²) in [5.41, 5.74) is 5.49. The number of nitrogens with zero attached hydrogens (tertiary/aromatic N) is 2. The van der Waals surface area contributed by atoms with Gasteiger partial charge < -0.3 is 10.5 Å². The Hall–Kier alpha value is -0.210. The average molecular weight is 237 g/mol. The zero-order valence-corrected chi connectivity index (χ0v) is 10.2. The first kappa shape index (κ1) is 12.9. The van der Waals surface area contributed by atoms with E-state index in [2.05, 4.69) is 0 Å². The molecule has 1 heterocycles. The molecule has 2 atom stereocenters. The Kier molecular flexibility index (Phi) is 4.07. The van der Waals surface area contributed by atoms with E-state index in [1.54, 1.807) is 0 Å². The Morgan fingerprint density at radius 2 is 2.07 bits per heavy atom. The highest BCUT2D eigenvalue weighted by Crippen LogP contribution is 2.15. The Morgan fingerprint density at radius 3 is 2.53 bits per heavy atom. The van der Waals surface area contributed by atoms with E-state index in [1.807, 2.05) is 6.92 Å². The van der Waals surface area contributed by atoms with Gasteiger partial charge in [0.2, 0.25) is 0 Å². The molecule has 1 rings (SSSR count). The van der Waals surface area contributed by atoms with Gasteiger partial charge in [0.05, 0.1) is 12.2 Å². The molecule has 0 spiro atoms. The predicted octanol–water partition coefficient (Wildman–Crippen LogP) is -1.16. The number of ether oxygens (including phenoxy) is 1. The Bertz CT molecular complexity index is 304. The van der Waals surface area contributed by atoms with Crippen LogP contribution in [0.1, 0.15) is 6.92 Å². The molecule has 2 N–H and O–H groups in total. The van der Waals surface area contributed by atoms with Crippen molar-refractivity contribution in [3.05, 3.63) is 0 Å². The molecular formula is C8H19N3O3S. The highest BCUT2D eigenvalue weighted by molar-refractivity contribution is 7.86. The molecular weight excluding hydrogens is 218 g/mol. The summed E-state index contributed by atoms with van der Waals surface area (Å²) in [6.07, 6.45) is -0.314. The monoisotopic (exact) mass is 237 g/mol. The number of rotatable bonds is 3. The van der Waals surface area contributed by atoms with Gasteiger partial charge in [-0.2, -0.15) is 17.0 Å². The minimum absolute atomic E-state index is 0.109. The predicted molar refractivity (Wildman–Crippen MR) is 57.6 cm³/mol. The highest BCUT2D eigenvalue weighted by Gasteiger charge is 2.33. The lowest BCUT2D eigenvalue weighted by Gasteiger charge is -2.36. The van der Waals surface area contributed by atoms with Crippen molar-refractivity contribution in [2.45, 2.75) is 19.1 Å². The van der Waals surface area contributed by atoms with Crippen molar-refractivity contribution in [1.82, 2.24) is 8.61 Å². The second kappa shape index (κ2) is 4.75. The SMILES string of the molecule is CC1CN(S(=O)(=O)N(C)C)CC(CN)O1. The molecule has 1 aliphatic rings. The molecule has 0 radical (unpaired) electrons. The molecule has 0 aromatic rings. The summed E-state index contributed by atoms with van der Waals surface area (Å²) in [5, 5.41) is 0. The van der Waals surface area contributed by atoms with Crippen molar-refractivity contribution in [2.24, 2.45) is 5.73 Å². The van der Waals surface area contributed by atoms with E-state index in [0.29, 0.717) is 19.6 Å². The number of nitrogens with two attached hydrogens (primary N) is 1. The highest BCUT2D eigenvalue weighted by atomic mass is 32.2. The fourth-order valence-electron chi connectivity index (χ4n) is 1.55. The van der Waals surface area contributed by atoms with Gasteiger partial charge in [-0.1, -0.05) is 0 Å². The zero-order chi connectivity index (χ0) is 11.6. The quantitative estimate of drug-likeness (QED) is 0.672. The Labute approximate surface area is 91.2 Å². The smallest absolute Gasteiger partial charge is 0.281 e. The fraction of sp³-hybridized carbons (Fsp3) is 1.00. The molecule has 1 saturated heterocycles. The molecule has 2 unspecified atom stereocenters. The van der Waals surface area contributed by atoms with Gasteiger partial charge in [0.25, 0.3) is 10.2 Å². The van der Waals surface area contributed by atoms with Crippen molar-refractivity contribution in [1.29, 1.82) is 0 Å². The molecule has 6 nitrogen and oxygen atoms in total. The van der Waals surface area contributed by atoms with Crippen LogP contribution in [0.4, 0.5) is 0 Å². The summed E-state index contributed by atoms with van der Waals surface area (Å²) in [7, 11) is -0.303. The fourth-order valence-corrected chi connectivity index (χ4v) is 2.77. The normalized spacial score (nSPS) is 29.7. The van der Waals surface area contributed by atoms with Crippen molar-refractivity contribution < 1.29 is 13.2 Å². The van der Waals surface area contributed by atoms with E-state index in [-0.39, 0.29) is 12.2 Å². The first-order chi connectivity index (χ1) is 6.87. The van der Waals surface area contributed by atoms with Gasteiger partial charge >= 0.3 is 0 Å². The van der Waals surface area contributed by atoms with E-state index in [1.165, 1.54) is 22.7 Å². The minimum atomic E-state index is -3.34. The molecule has 0 aromatic carbocycles. The van der Waals surface area contributed by atoms with Crippen LogP contribution in [0.3, 0.4) is 0 Å². The Morgan fingerprint density at radius 1 is 1.47 bits per heavy atom. The molecule has 0 amide bonds. The van der Waals surface area contributed by atoms with Crippen LogP contribution in [0, 0.1) is 0 Å². The van der Waals surface area contributed by atoms with Crippen LogP contribution in [-0.4, -0.2) is 63.0 Å². The molecule has 0 aromatic heterocycles. The molecule has 15 heavy (non-hydrogen) atoms. The lowest BCUT2D eigenvalue weighted by atomic mass is 10.2. The van der Waals surface area contributed by atoms with Crippen molar-refractivity contribution in [2.75, 3.05) is 33.7 Å². The van der Waals surface area contributed by atoms with Crippen LogP contribution in [-0.2, 0) is 14.9 Å². The summed E-state index contributed by atoms with van der Waals surface area (Å²) in [6, 6.07) is 0. The summed E-state index contributed by atoms with van der Waals surface area (Å²) in [4.78, 5) is 0. The molecule has 1 aliphatic heterocycles. The average Bonchev–Trinajstić information content (AvgIpc) is 2.16. The summed E-state index contributed by atoms with van der Waals surface area (Å²) >= 11 is 0. The summed E-state index contributed by atoms with van der Waals surface area (Å²) in [5.74, 6) is 0. The summed E-state index contributed by atoms with van der Waals surface area (Å²) < 4.78 is 31.8. The molecule has 7 heteroatoms. The molecule has 0 saturated carbocycles. The van der Waals surface area contributed by atoms with Crippen molar-refractivity contribution in [3.8, 4) is 0 Å². The number of hydrogen-bond acceptors (Lipinski definition) is 4. The third-order valence-corrected chi connectivity index (χ3v) is 4.22. The van der Waals surface area contributed by atoms with Crippen LogP contribution in [0.25, 0.3) is 0 Å². The third kappa shape index (κ3) is 2.88. The molecule has 0 aliphatic carbocycles. The van der Waals surface area contributed by atoms with Gasteiger partial charge in [-0.3, -0.25) is 0 Å². The first-order valence-electron chi connectivity index (χ1n) is 4.91. The second-order valence-electron chi connectivity index (χ2n) is 3.91. The van der Waals surface area contributed by atoms with Gasteiger partial charge in [-0.15, -0.1) is 0 Å². The maximum absolute atomic E-state index is 11.8. The maximum Gasteiger partial charge on any atom is 0.281 e. The molecule has 1 fully saturated rings. The van der Waals surface area contributed by atoms with Crippen molar-refractivity contribution in [3.63, 3.8) is 0 Å². The van der Waals surface area contributed by atoms with E-state index in [9.17, 15) is 8.42 Å². The van der Waals surface area contributed by atoms with Gasteiger partial charge in [-0.25, -0.2) is 0 Å². The van der Waals surface area contributed by atoms with Crippen LogP contribution in [0.5, 0.6) is 0 Å². The molecule has 0 bridgehead atoms. The van der Waals surface area contributed by atoms with E-state index >= 15 is 0 Å². The first-order valence-corrected chi connectivity index (χ1v) is 6.30. The minimum Gasteiger partial charge on any atom is -0.371 e. The maximum atomic E-state index is 11.8. The van der Waals surface area contributed by atoms with E-state index in [0.717, 1.165) is 0 Å². The lowest BCUT2D eigenvalue weighted by Crippen LogP contribution is -2.53. The van der Waals surface area contributed by atoms with E-state index < -0.39 is 10.2 Å². The number of hydrogen-bond donors (Lipinski definition) is 1. The van der Waals surface area contributed by atoms with Crippen LogP contribution in [0.2, 0.25) is 0 Å². The lowest BCUT2D eigenvalue weighted by molar-refractivity contribution is -0.0496. The third-order valence-electron chi connectivity index (χ3n) is 2.34. The number of morpholine rings is 1. The van der Waals surface area contributed by atoms with Crippen LogP contribution < -0.4 is 5.73 Å². The zero-order valence-electron chi connectivity index (χ0n) is 9.38. The van der Waals surface area contributed by atoms with Gasteiger partial charge in [0, 0.05) is 33.7 Å². The largest absolute Gasteiger partial charge is 0.371 e. The van der Waals surface area contributed by atoms with Crippen molar-refractivity contribution >= 4 is 10.2 Å². The second-order valence-corrected chi connectivity index (χ2v) is 6.05. The Balaban J connectivity index is 2.78. The van der Waals surface area contributed by atoms with Crippen LogP contribution in [0.15, 0.2) is 0 Å². The standard InChI is InChI=1S/C8H19N3O3S/c1-7-5-11(6-8(4-9)14-7)15(12,13)10(2)3/h7-8H,4-6,9H2,1-3H3.